The molecule has 1 aliphatic rings. The van der Waals surface area contributed by atoms with E-state index in [1.54, 1.807) is 6.33 Å². The van der Waals surface area contributed by atoms with Crippen LogP contribution in [0.25, 0.3) is 22.3 Å². The topological polar surface area (TPSA) is 25.8 Å². The van der Waals surface area contributed by atoms with Crippen molar-refractivity contribution in [3.05, 3.63) is 72.3 Å². The van der Waals surface area contributed by atoms with Crippen molar-refractivity contribution in [2.24, 2.45) is 0 Å². The minimum atomic E-state index is 1.02. The van der Waals surface area contributed by atoms with Gasteiger partial charge in [0.25, 0.3) is 0 Å². The molecule has 0 saturated carbocycles. The second-order valence-corrected chi connectivity index (χ2v) is 4.80. The van der Waals surface area contributed by atoms with Crippen molar-refractivity contribution >= 4 is 0 Å². The zero-order valence-corrected chi connectivity index (χ0v) is 10.4. The van der Waals surface area contributed by atoms with Gasteiger partial charge < -0.3 is 0 Å². The van der Waals surface area contributed by atoms with Crippen LogP contribution >= 0.6 is 0 Å². The molecule has 0 atom stereocenters. The molecule has 2 heteroatoms. The highest BCUT2D eigenvalue weighted by Crippen LogP contribution is 2.42. The maximum atomic E-state index is 4.13. The van der Waals surface area contributed by atoms with Crippen LogP contribution in [0.3, 0.4) is 0 Å². The van der Waals surface area contributed by atoms with Gasteiger partial charge in [0.1, 0.15) is 6.33 Å². The van der Waals surface area contributed by atoms with Gasteiger partial charge in [-0.1, -0.05) is 42.5 Å². The Bertz CT molecular complexity index is 748. The van der Waals surface area contributed by atoms with E-state index in [-0.39, 0.29) is 0 Å². The Morgan fingerprint density at radius 2 is 1.47 bits per heavy atom. The molecule has 0 saturated heterocycles. The van der Waals surface area contributed by atoms with E-state index in [0.717, 1.165) is 12.0 Å². The Morgan fingerprint density at radius 1 is 0.737 bits per heavy atom. The Balaban J connectivity index is 2.01. The molecule has 90 valence electrons. The van der Waals surface area contributed by atoms with E-state index in [2.05, 4.69) is 52.4 Å². The number of rotatable bonds is 1. The van der Waals surface area contributed by atoms with Crippen molar-refractivity contribution in [3.8, 4) is 22.3 Å². The predicted molar refractivity (Wildman–Crippen MR) is 75.7 cm³/mol. The van der Waals surface area contributed by atoms with Crippen molar-refractivity contribution in [3.63, 3.8) is 0 Å². The summed E-state index contributed by atoms with van der Waals surface area (Å²) in [5.74, 6) is 0. The molecule has 19 heavy (non-hydrogen) atoms. The first-order chi connectivity index (χ1) is 9.43. The lowest BCUT2D eigenvalue weighted by Crippen LogP contribution is -1.87. The van der Waals surface area contributed by atoms with Crippen LogP contribution in [0.5, 0.6) is 0 Å². The monoisotopic (exact) mass is 244 g/mol. The zero-order valence-electron chi connectivity index (χ0n) is 10.4. The molecule has 1 aliphatic carbocycles. The number of benzene rings is 2. The number of hydrogen-bond acceptors (Lipinski definition) is 2. The van der Waals surface area contributed by atoms with Gasteiger partial charge in [0.2, 0.25) is 0 Å². The lowest BCUT2D eigenvalue weighted by Gasteiger charge is -2.09. The normalized spacial score (nSPS) is 12.0. The van der Waals surface area contributed by atoms with E-state index in [0.29, 0.717) is 0 Å². The molecule has 0 fully saturated rings. The summed E-state index contributed by atoms with van der Waals surface area (Å²) in [6.45, 7) is 0. The molecular weight excluding hydrogens is 232 g/mol. The number of nitrogens with zero attached hydrogens (tertiary/aromatic N) is 2. The van der Waals surface area contributed by atoms with Crippen molar-refractivity contribution in [2.75, 3.05) is 0 Å². The summed E-state index contributed by atoms with van der Waals surface area (Å²) in [5.41, 5.74) is 7.79. The number of hydrogen-bond donors (Lipinski definition) is 0. The largest absolute Gasteiger partial charge is 0.244 e. The summed E-state index contributed by atoms with van der Waals surface area (Å²) in [4.78, 5) is 8.26. The minimum Gasteiger partial charge on any atom is -0.244 e. The molecule has 0 N–H and O–H groups in total. The number of aromatic nitrogens is 2. The Kier molecular flexibility index (Phi) is 2.21. The molecule has 0 amide bonds. The summed E-state index contributed by atoms with van der Waals surface area (Å²) in [6.07, 6.45) is 6.35. The molecule has 0 aliphatic heterocycles. The van der Waals surface area contributed by atoms with E-state index in [4.69, 9.17) is 0 Å². The lowest BCUT2D eigenvalue weighted by atomic mass is 9.96. The third-order valence-corrected chi connectivity index (χ3v) is 3.69. The van der Waals surface area contributed by atoms with Crippen LogP contribution in [0.4, 0.5) is 0 Å². The second kappa shape index (κ2) is 4.02. The van der Waals surface area contributed by atoms with Crippen molar-refractivity contribution in [1.29, 1.82) is 0 Å². The van der Waals surface area contributed by atoms with E-state index in [1.165, 1.54) is 27.8 Å². The third-order valence-electron chi connectivity index (χ3n) is 3.69. The van der Waals surface area contributed by atoms with E-state index >= 15 is 0 Å². The fourth-order valence-corrected chi connectivity index (χ4v) is 2.87. The smallest absolute Gasteiger partial charge is 0.115 e. The van der Waals surface area contributed by atoms with Crippen LogP contribution in [0.15, 0.2) is 61.2 Å². The highest BCUT2D eigenvalue weighted by atomic mass is 14.8. The highest BCUT2D eigenvalue weighted by Gasteiger charge is 2.21. The standard InChI is InChI=1S/C17H12N2/c1-2-6-15-12(4-1)8-13-5-3-7-16(17(13)15)14-9-18-11-19-10-14/h1-7,9-11H,8H2. The van der Waals surface area contributed by atoms with E-state index < -0.39 is 0 Å². The average molecular weight is 244 g/mol. The average Bonchev–Trinajstić information content (AvgIpc) is 2.86. The van der Waals surface area contributed by atoms with Crippen LogP contribution in [0.1, 0.15) is 11.1 Å². The quantitative estimate of drug-likeness (QED) is 0.510. The van der Waals surface area contributed by atoms with Gasteiger partial charge in [-0.15, -0.1) is 0 Å². The van der Waals surface area contributed by atoms with Gasteiger partial charge in [-0.25, -0.2) is 9.97 Å². The maximum absolute atomic E-state index is 4.13. The van der Waals surface area contributed by atoms with Crippen LogP contribution in [-0.2, 0) is 6.42 Å². The molecule has 0 bridgehead atoms. The highest BCUT2D eigenvalue weighted by molar-refractivity contribution is 5.89. The molecule has 3 aromatic rings. The molecular formula is C17H12N2. The Labute approximate surface area is 111 Å². The van der Waals surface area contributed by atoms with E-state index in [9.17, 15) is 0 Å². The van der Waals surface area contributed by atoms with Gasteiger partial charge in [-0.3, -0.25) is 0 Å². The van der Waals surface area contributed by atoms with Crippen LogP contribution in [0, 0.1) is 0 Å². The second-order valence-electron chi connectivity index (χ2n) is 4.80. The summed E-state index contributed by atoms with van der Waals surface area (Å²) in [7, 11) is 0. The fourth-order valence-electron chi connectivity index (χ4n) is 2.87. The molecule has 0 unspecified atom stereocenters. The lowest BCUT2D eigenvalue weighted by molar-refractivity contribution is 1.17. The van der Waals surface area contributed by atoms with Crippen molar-refractivity contribution in [1.82, 2.24) is 9.97 Å². The zero-order chi connectivity index (χ0) is 12.7. The molecule has 0 radical (unpaired) electrons. The van der Waals surface area contributed by atoms with Crippen LogP contribution < -0.4 is 0 Å². The van der Waals surface area contributed by atoms with Crippen LogP contribution in [-0.4, -0.2) is 9.97 Å². The maximum Gasteiger partial charge on any atom is 0.115 e. The van der Waals surface area contributed by atoms with Crippen molar-refractivity contribution < 1.29 is 0 Å². The molecule has 2 aromatic carbocycles. The summed E-state index contributed by atoms with van der Waals surface area (Å²) in [6, 6.07) is 15.1. The van der Waals surface area contributed by atoms with Gasteiger partial charge in [-0.05, 0) is 34.2 Å². The fraction of sp³-hybridized carbons (Fsp3) is 0.0588. The summed E-state index contributed by atoms with van der Waals surface area (Å²) < 4.78 is 0. The van der Waals surface area contributed by atoms with Crippen LogP contribution in [0.2, 0.25) is 0 Å². The first kappa shape index (κ1) is 10.4. The SMILES string of the molecule is c1ccc2c(c1)Cc1cccc(-c3cncnc3)c1-2. The minimum absolute atomic E-state index is 1.02. The van der Waals surface area contributed by atoms with Gasteiger partial charge >= 0.3 is 0 Å². The summed E-state index contributed by atoms with van der Waals surface area (Å²) >= 11 is 0. The molecule has 4 rings (SSSR count). The Hall–Kier alpha value is -2.48. The van der Waals surface area contributed by atoms with E-state index in [1.807, 2.05) is 12.4 Å². The van der Waals surface area contributed by atoms with Gasteiger partial charge in [-0.2, -0.15) is 0 Å². The van der Waals surface area contributed by atoms with Gasteiger partial charge in [0.15, 0.2) is 0 Å². The first-order valence-electron chi connectivity index (χ1n) is 6.39. The third kappa shape index (κ3) is 1.57. The molecule has 0 spiro atoms. The number of fused-ring (bicyclic) bond motifs is 3. The predicted octanol–water partition coefficient (Wildman–Crippen LogP) is 3.71. The van der Waals surface area contributed by atoms with Gasteiger partial charge in [0, 0.05) is 18.0 Å². The first-order valence-corrected chi connectivity index (χ1v) is 6.39. The summed E-state index contributed by atoms with van der Waals surface area (Å²) in [5, 5.41) is 0. The molecule has 1 aromatic heterocycles. The van der Waals surface area contributed by atoms with Gasteiger partial charge in [0.05, 0.1) is 0 Å². The molecule has 1 heterocycles. The van der Waals surface area contributed by atoms with Crippen molar-refractivity contribution in [2.45, 2.75) is 6.42 Å². The molecule has 2 nitrogen and oxygen atoms in total. The Morgan fingerprint density at radius 3 is 2.37 bits per heavy atom.